The lowest BCUT2D eigenvalue weighted by molar-refractivity contribution is -0.00400. The molecule has 0 aromatic carbocycles. The Morgan fingerprint density at radius 2 is 2.55 bits per heavy atom. The van der Waals surface area contributed by atoms with Gasteiger partial charge in [-0.15, -0.1) is 0 Å². The van der Waals surface area contributed by atoms with Crippen LogP contribution in [0.5, 0.6) is 0 Å². The number of rotatable bonds is 3. The molecular formula is C7H13NO3. The minimum absolute atomic E-state index is 0.120. The standard InChI is InChI=1S/C7H13NO3/c1-3-6(10-2)8-4-5-11-7(8)9/h6H,3-5H2,1-2H3. The summed E-state index contributed by atoms with van der Waals surface area (Å²) < 4.78 is 9.84. The number of nitrogens with zero attached hydrogens (tertiary/aromatic N) is 1. The fraction of sp³-hybridized carbons (Fsp3) is 0.857. The van der Waals surface area contributed by atoms with Gasteiger partial charge in [-0.3, -0.25) is 4.90 Å². The molecule has 0 aliphatic carbocycles. The van der Waals surface area contributed by atoms with E-state index in [1.54, 1.807) is 12.0 Å². The summed E-state index contributed by atoms with van der Waals surface area (Å²) in [4.78, 5) is 12.6. The van der Waals surface area contributed by atoms with Gasteiger partial charge in [-0.1, -0.05) is 6.92 Å². The van der Waals surface area contributed by atoms with Crippen molar-refractivity contribution < 1.29 is 14.3 Å². The second kappa shape index (κ2) is 3.57. The lowest BCUT2D eigenvalue weighted by Crippen LogP contribution is -2.36. The predicted molar refractivity (Wildman–Crippen MR) is 39.1 cm³/mol. The average Bonchev–Trinajstić information content (AvgIpc) is 2.40. The molecule has 64 valence electrons. The quantitative estimate of drug-likeness (QED) is 0.612. The molecule has 4 heteroatoms. The minimum atomic E-state index is -0.265. The lowest BCUT2D eigenvalue weighted by Gasteiger charge is -2.22. The van der Waals surface area contributed by atoms with E-state index in [2.05, 4.69) is 0 Å². The Labute approximate surface area is 66.1 Å². The van der Waals surface area contributed by atoms with Crippen LogP contribution in [0.2, 0.25) is 0 Å². The van der Waals surface area contributed by atoms with Crippen LogP contribution in [-0.2, 0) is 9.47 Å². The maximum atomic E-state index is 11.0. The van der Waals surface area contributed by atoms with Crippen LogP contribution in [0.1, 0.15) is 13.3 Å². The SMILES string of the molecule is CCC(OC)N1CCOC1=O. The first-order chi connectivity index (χ1) is 5.29. The number of ether oxygens (including phenoxy) is 2. The van der Waals surface area contributed by atoms with Crippen LogP contribution in [0, 0.1) is 0 Å². The summed E-state index contributed by atoms with van der Waals surface area (Å²) >= 11 is 0. The van der Waals surface area contributed by atoms with Gasteiger partial charge in [0.15, 0.2) is 0 Å². The molecular weight excluding hydrogens is 146 g/mol. The number of carbonyl (C=O) groups excluding carboxylic acids is 1. The molecule has 0 N–H and O–H groups in total. The summed E-state index contributed by atoms with van der Waals surface area (Å²) in [7, 11) is 1.60. The van der Waals surface area contributed by atoms with E-state index in [9.17, 15) is 4.79 Å². The molecule has 0 aromatic heterocycles. The molecule has 1 saturated heterocycles. The Bertz CT molecular complexity index is 145. The van der Waals surface area contributed by atoms with Gasteiger partial charge in [-0.25, -0.2) is 4.79 Å². The van der Waals surface area contributed by atoms with E-state index in [1.165, 1.54) is 0 Å². The van der Waals surface area contributed by atoms with E-state index >= 15 is 0 Å². The van der Waals surface area contributed by atoms with Gasteiger partial charge >= 0.3 is 6.09 Å². The fourth-order valence-electron chi connectivity index (χ4n) is 1.18. The highest BCUT2D eigenvalue weighted by Gasteiger charge is 2.28. The summed E-state index contributed by atoms with van der Waals surface area (Å²) in [6, 6.07) is 0. The molecule has 11 heavy (non-hydrogen) atoms. The molecule has 1 aliphatic heterocycles. The van der Waals surface area contributed by atoms with Crippen LogP contribution in [0.15, 0.2) is 0 Å². The summed E-state index contributed by atoms with van der Waals surface area (Å²) in [6.07, 6.45) is 0.412. The van der Waals surface area contributed by atoms with Gasteiger partial charge in [0.25, 0.3) is 0 Å². The smallest absolute Gasteiger partial charge is 0.412 e. The number of cyclic esters (lactones) is 1. The summed E-state index contributed by atoms with van der Waals surface area (Å²) in [5, 5.41) is 0. The minimum Gasteiger partial charge on any atom is -0.447 e. The van der Waals surface area contributed by atoms with Gasteiger partial charge in [0, 0.05) is 7.11 Å². The zero-order valence-electron chi connectivity index (χ0n) is 6.87. The van der Waals surface area contributed by atoms with Gasteiger partial charge in [-0.05, 0) is 6.42 Å². The maximum absolute atomic E-state index is 11.0. The number of carbonyl (C=O) groups is 1. The van der Waals surface area contributed by atoms with Crippen LogP contribution < -0.4 is 0 Å². The van der Waals surface area contributed by atoms with Gasteiger partial charge < -0.3 is 9.47 Å². The van der Waals surface area contributed by atoms with E-state index in [0.717, 1.165) is 6.42 Å². The molecule has 4 nitrogen and oxygen atoms in total. The molecule has 1 unspecified atom stereocenters. The molecule has 0 aromatic rings. The van der Waals surface area contributed by atoms with Gasteiger partial charge in [-0.2, -0.15) is 0 Å². The van der Waals surface area contributed by atoms with Crippen LogP contribution >= 0.6 is 0 Å². The van der Waals surface area contributed by atoms with Crippen LogP contribution in [0.25, 0.3) is 0 Å². The van der Waals surface area contributed by atoms with Crippen molar-refractivity contribution in [3.63, 3.8) is 0 Å². The molecule has 0 saturated carbocycles. The lowest BCUT2D eigenvalue weighted by atomic mass is 10.4. The molecule has 0 radical (unpaired) electrons. The van der Waals surface area contributed by atoms with E-state index in [1.807, 2.05) is 6.92 Å². The molecule has 1 amide bonds. The molecule has 1 aliphatic rings. The van der Waals surface area contributed by atoms with Crippen LogP contribution in [0.4, 0.5) is 4.79 Å². The highest BCUT2D eigenvalue weighted by atomic mass is 16.6. The highest BCUT2D eigenvalue weighted by Crippen LogP contribution is 2.11. The highest BCUT2D eigenvalue weighted by molar-refractivity contribution is 5.69. The average molecular weight is 159 g/mol. The van der Waals surface area contributed by atoms with E-state index in [0.29, 0.717) is 13.2 Å². The van der Waals surface area contributed by atoms with Gasteiger partial charge in [0.1, 0.15) is 12.8 Å². The van der Waals surface area contributed by atoms with Crippen molar-refractivity contribution in [3.8, 4) is 0 Å². The summed E-state index contributed by atoms with van der Waals surface area (Å²) in [5.74, 6) is 0. The zero-order chi connectivity index (χ0) is 8.27. The Morgan fingerprint density at radius 1 is 1.82 bits per heavy atom. The van der Waals surface area contributed by atoms with Crippen molar-refractivity contribution in [2.75, 3.05) is 20.3 Å². The van der Waals surface area contributed by atoms with E-state index in [-0.39, 0.29) is 12.3 Å². The Balaban J connectivity index is 2.49. The topological polar surface area (TPSA) is 38.8 Å². The number of hydrogen-bond donors (Lipinski definition) is 0. The Kier molecular flexibility index (Phi) is 2.70. The summed E-state index contributed by atoms with van der Waals surface area (Å²) in [5.41, 5.74) is 0. The zero-order valence-corrected chi connectivity index (χ0v) is 6.87. The molecule has 1 heterocycles. The van der Waals surface area contributed by atoms with Gasteiger partial charge in [0.05, 0.1) is 6.54 Å². The third-order valence-corrected chi connectivity index (χ3v) is 1.76. The number of hydrogen-bond acceptors (Lipinski definition) is 3. The van der Waals surface area contributed by atoms with E-state index < -0.39 is 0 Å². The second-order valence-corrected chi connectivity index (χ2v) is 2.41. The van der Waals surface area contributed by atoms with Crippen molar-refractivity contribution in [2.45, 2.75) is 19.6 Å². The molecule has 0 bridgehead atoms. The van der Waals surface area contributed by atoms with Crippen molar-refractivity contribution in [3.05, 3.63) is 0 Å². The Morgan fingerprint density at radius 3 is 2.91 bits per heavy atom. The summed E-state index contributed by atoms with van der Waals surface area (Å²) in [6.45, 7) is 3.10. The number of methoxy groups -OCH3 is 1. The largest absolute Gasteiger partial charge is 0.447 e. The van der Waals surface area contributed by atoms with E-state index in [4.69, 9.17) is 9.47 Å². The van der Waals surface area contributed by atoms with Crippen molar-refractivity contribution >= 4 is 6.09 Å². The Hall–Kier alpha value is -0.770. The molecule has 1 rings (SSSR count). The molecule has 0 spiro atoms. The number of amides is 1. The third kappa shape index (κ3) is 1.63. The first kappa shape index (κ1) is 8.33. The van der Waals surface area contributed by atoms with Crippen molar-refractivity contribution in [1.29, 1.82) is 0 Å². The third-order valence-electron chi connectivity index (χ3n) is 1.76. The fourth-order valence-corrected chi connectivity index (χ4v) is 1.18. The first-order valence-electron chi connectivity index (χ1n) is 3.75. The maximum Gasteiger partial charge on any atom is 0.412 e. The monoisotopic (exact) mass is 159 g/mol. The first-order valence-corrected chi connectivity index (χ1v) is 3.75. The molecule has 1 fully saturated rings. The van der Waals surface area contributed by atoms with Crippen LogP contribution in [0.3, 0.4) is 0 Å². The van der Waals surface area contributed by atoms with Crippen LogP contribution in [-0.4, -0.2) is 37.5 Å². The second-order valence-electron chi connectivity index (χ2n) is 2.41. The predicted octanol–water partition coefficient (Wildman–Crippen LogP) is 0.821. The van der Waals surface area contributed by atoms with Gasteiger partial charge in [0.2, 0.25) is 0 Å². The normalized spacial score (nSPS) is 20.2. The molecule has 1 atom stereocenters. The van der Waals surface area contributed by atoms with Crippen molar-refractivity contribution in [2.24, 2.45) is 0 Å². The van der Waals surface area contributed by atoms with Crippen molar-refractivity contribution in [1.82, 2.24) is 4.90 Å².